The van der Waals surface area contributed by atoms with Gasteiger partial charge >= 0.3 is 12.3 Å². The quantitative estimate of drug-likeness (QED) is 0.561. The predicted octanol–water partition coefficient (Wildman–Crippen LogP) is 3.16. The van der Waals surface area contributed by atoms with Crippen LogP contribution in [-0.4, -0.2) is 102 Å². The lowest BCUT2D eigenvalue weighted by molar-refractivity contribution is -0.141. The Bertz CT molecular complexity index is 1000. The maximum atomic E-state index is 13.5. The lowest BCUT2D eigenvalue weighted by Crippen LogP contribution is -2.52. The zero-order valence-electron chi connectivity index (χ0n) is 22.5. The van der Waals surface area contributed by atoms with Crippen molar-refractivity contribution >= 4 is 23.8 Å². The molecule has 38 heavy (non-hydrogen) atoms. The molecule has 2 amide bonds. The number of aromatic nitrogens is 2. The smallest absolute Gasteiger partial charge is 0.433 e. The summed E-state index contributed by atoms with van der Waals surface area (Å²) in [6.45, 7) is 10.5. The van der Waals surface area contributed by atoms with E-state index in [4.69, 9.17) is 9.47 Å². The summed E-state index contributed by atoms with van der Waals surface area (Å²) >= 11 is 0. The van der Waals surface area contributed by atoms with Gasteiger partial charge in [0.05, 0.1) is 6.10 Å². The average Bonchev–Trinajstić information content (AvgIpc) is 2.85. The molecule has 0 bridgehead atoms. The van der Waals surface area contributed by atoms with Crippen molar-refractivity contribution in [2.24, 2.45) is 0 Å². The third-order valence-corrected chi connectivity index (χ3v) is 7.06. The first-order valence-electron chi connectivity index (χ1n) is 13.2. The van der Waals surface area contributed by atoms with E-state index in [1.54, 1.807) is 14.7 Å². The molecule has 0 saturated carbocycles. The van der Waals surface area contributed by atoms with E-state index in [9.17, 15) is 22.8 Å². The summed E-state index contributed by atoms with van der Waals surface area (Å²) in [5.41, 5.74) is -1.51. The van der Waals surface area contributed by atoms with Crippen molar-refractivity contribution in [3.8, 4) is 0 Å². The summed E-state index contributed by atoms with van der Waals surface area (Å²) in [6, 6.07) is 1.12. The number of nitrogens with zero attached hydrogens (tertiary/aromatic N) is 6. The van der Waals surface area contributed by atoms with Gasteiger partial charge in [0, 0.05) is 57.9 Å². The van der Waals surface area contributed by atoms with E-state index in [1.807, 2.05) is 32.6 Å². The van der Waals surface area contributed by atoms with Crippen LogP contribution in [0, 0.1) is 0 Å². The fourth-order valence-corrected chi connectivity index (χ4v) is 4.67. The number of halogens is 3. The van der Waals surface area contributed by atoms with E-state index in [2.05, 4.69) is 9.97 Å². The molecule has 0 N–H and O–H groups in total. The first kappa shape index (κ1) is 28.2. The van der Waals surface area contributed by atoms with Gasteiger partial charge in [0.15, 0.2) is 5.69 Å². The number of anilines is 2. The molecule has 1 aromatic heterocycles. The van der Waals surface area contributed by atoms with Crippen LogP contribution < -0.4 is 9.80 Å². The molecule has 0 radical (unpaired) electrons. The van der Waals surface area contributed by atoms with Gasteiger partial charge in [0.2, 0.25) is 11.9 Å². The second-order valence-electron chi connectivity index (χ2n) is 11.1. The van der Waals surface area contributed by atoms with E-state index in [0.717, 1.165) is 12.5 Å². The van der Waals surface area contributed by atoms with Crippen molar-refractivity contribution < 1.29 is 32.2 Å². The highest BCUT2D eigenvalue weighted by molar-refractivity contribution is 5.78. The molecule has 0 aromatic carbocycles. The van der Waals surface area contributed by atoms with Gasteiger partial charge in [-0.1, -0.05) is 0 Å². The fourth-order valence-electron chi connectivity index (χ4n) is 4.67. The van der Waals surface area contributed by atoms with Crippen LogP contribution in [0.3, 0.4) is 0 Å². The van der Waals surface area contributed by atoms with Crippen molar-refractivity contribution in [1.29, 1.82) is 0 Å². The van der Waals surface area contributed by atoms with Crippen molar-refractivity contribution in [2.45, 2.75) is 70.9 Å². The number of ether oxygens (including phenoxy) is 2. The van der Waals surface area contributed by atoms with E-state index >= 15 is 0 Å². The van der Waals surface area contributed by atoms with Crippen LogP contribution in [0.25, 0.3) is 0 Å². The molecular formula is C25H37F3N6O4. The van der Waals surface area contributed by atoms with Gasteiger partial charge in [0.25, 0.3) is 0 Å². The second-order valence-corrected chi connectivity index (χ2v) is 11.1. The molecule has 212 valence electrons. The molecule has 3 aliphatic heterocycles. The molecule has 3 fully saturated rings. The largest absolute Gasteiger partial charge is 0.444 e. The Kier molecular flexibility index (Phi) is 8.24. The highest BCUT2D eigenvalue weighted by atomic mass is 19.4. The molecule has 1 atom stereocenters. The molecule has 4 rings (SSSR count). The minimum atomic E-state index is -4.55. The molecule has 4 heterocycles. The molecular weight excluding hydrogens is 505 g/mol. The fraction of sp³-hybridized carbons (Fsp3) is 0.760. The maximum Gasteiger partial charge on any atom is 0.433 e. The Morgan fingerprint density at radius 2 is 1.58 bits per heavy atom. The Morgan fingerprint density at radius 3 is 2.11 bits per heavy atom. The molecule has 3 aliphatic rings. The number of rotatable bonds is 5. The van der Waals surface area contributed by atoms with E-state index in [1.165, 1.54) is 0 Å². The lowest BCUT2D eigenvalue weighted by atomic mass is 10.1. The molecule has 0 spiro atoms. The zero-order valence-corrected chi connectivity index (χ0v) is 22.5. The number of piperazine rings is 1. The Morgan fingerprint density at radius 1 is 0.947 bits per heavy atom. The summed E-state index contributed by atoms with van der Waals surface area (Å²) < 4.78 is 51.8. The number of alkyl halides is 3. The third kappa shape index (κ3) is 6.97. The Hall–Kier alpha value is -2.83. The first-order chi connectivity index (χ1) is 17.8. The van der Waals surface area contributed by atoms with E-state index in [0.29, 0.717) is 58.7 Å². The molecule has 3 saturated heterocycles. The average molecular weight is 543 g/mol. The highest BCUT2D eigenvalue weighted by Crippen LogP contribution is 2.34. The zero-order chi connectivity index (χ0) is 27.7. The summed E-state index contributed by atoms with van der Waals surface area (Å²) in [5.74, 6) is 0.235. The molecule has 13 heteroatoms. The van der Waals surface area contributed by atoms with Crippen molar-refractivity contribution in [1.82, 2.24) is 19.8 Å². The van der Waals surface area contributed by atoms with Gasteiger partial charge in [-0.15, -0.1) is 0 Å². The Labute approximate surface area is 221 Å². The summed E-state index contributed by atoms with van der Waals surface area (Å²) in [4.78, 5) is 40.0. The van der Waals surface area contributed by atoms with Gasteiger partial charge in [-0.2, -0.15) is 18.2 Å². The minimum Gasteiger partial charge on any atom is -0.444 e. The van der Waals surface area contributed by atoms with Crippen LogP contribution in [0.1, 0.15) is 52.7 Å². The van der Waals surface area contributed by atoms with E-state index < -0.39 is 17.5 Å². The normalized spacial score (nSPS) is 21.4. The highest BCUT2D eigenvalue weighted by Gasteiger charge is 2.37. The number of hydrogen-bond donors (Lipinski definition) is 0. The van der Waals surface area contributed by atoms with Crippen LogP contribution in [0.4, 0.5) is 29.7 Å². The lowest BCUT2D eigenvalue weighted by Gasteiger charge is -2.39. The van der Waals surface area contributed by atoms with Crippen LogP contribution in [0.2, 0.25) is 0 Å². The van der Waals surface area contributed by atoms with Crippen LogP contribution in [0.15, 0.2) is 6.07 Å². The molecule has 0 aliphatic carbocycles. The number of carbonyl (C=O) groups excluding carboxylic acids is 2. The number of amides is 2. The summed E-state index contributed by atoms with van der Waals surface area (Å²) in [5, 5.41) is 0. The van der Waals surface area contributed by atoms with Gasteiger partial charge in [-0.3, -0.25) is 4.79 Å². The van der Waals surface area contributed by atoms with Gasteiger partial charge in [-0.05, 0) is 47.0 Å². The molecule has 1 aromatic rings. The molecule has 10 nitrogen and oxygen atoms in total. The van der Waals surface area contributed by atoms with Gasteiger partial charge in [0.1, 0.15) is 18.0 Å². The van der Waals surface area contributed by atoms with Crippen molar-refractivity contribution in [2.75, 3.05) is 62.2 Å². The minimum absolute atomic E-state index is 0.0696. The number of piperidine rings is 1. The van der Waals surface area contributed by atoms with Crippen molar-refractivity contribution in [3.63, 3.8) is 0 Å². The molecule has 0 unspecified atom stereocenters. The van der Waals surface area contributed by atoms with Gasteiger partial charge in [-0.25, -0.2) is 9.78 Å². The topological polar surface area (TPSA) is 91.3 Å². The monoisotopic (exact) mass is 542 g/mol. The standard InChI is InChI=1S/C25H37F3N6O4/c1-17-5-10-34(17)22-29-19(25(26,27)28)15-20(30-22)31-8-6-18(7-9-31)37-16-21(35)32-11-13-33(14-12-32)23(36)38-24(2,3)4/h15,17-18H,5-14,16H2,1-4H3/t17-/m0/s1. The number of hydrogen-bond acceptors (Lipinski definition) is 8. The number of carbonyl (C=O) groups is 2. The van der Waals surface area contributed by atoms with Crippen molar-refractivity contribution in [3.05, 3.63) is 11.8 Å². The third-order valence-electron chi connectivity index (χ3n) is 7.06. The second kappa shape index (κ2) is 11.1. The SMILES string of the molecule is C[C@H]1CCN1c1nc(N2CCC(OCC(=O)N3CCN(C(=O)OC(C)(C)C)CC3)CC2)cc(C(F)(F)F)n1. The van der Waals surface area contributed by atoms with Gasteiger partial charge < -0.3 is 29.1 Å². The van der Waals surface area contributed by atoms with Crippen LogP contribution >= 0.6 is 0 Å². The van der Waals surface area contributed by atoms with Crippen LogP contribution in [0.5, 0.6) is 0 Å². The van der Waals surface area contributed by atoms with Crippen LogP contribution in [-0.2, 0) is 20.4 Å². The first-order valence-corrected chi connectivity index (χ1v) is 13.2. The summed E-state index contributed by atoms with van der Waals surface area (Å²) in [6.07, 6.45) is -3.07. The maximum absolute atomic E-state index is 13.5. The Balaban J connectivity index is 1.25. The summed E-state index contributed by atoms with van der Waals surface area (Å²) in [7, 11) is 0. The van der Waals surface area contributed by atoms with E-state index in [-0.39, 0.29) is 42.5 Å². The predicted molar refractivity (Wildman–Crippen MR) is 134 cm³/mol.